The molecule has 1 aliphatic rings. The summed E-state index contributed by atoms with van der Waals surface area (Å²) in [4.78, 5) is 0. The molecule has 2 heterocycles. The molecule has 146 valence electrons. The number of hydrogen-bond donors (Lipinski definition) is 0. The van der Waals surface area contributed by atoms with Crippen molar-refractivity contribution in [3.8, 4) is 0 Å². The smallest absolute Gasteiger partial charge is 0.248 e. The van der Waals surface area contributed by atoms with Crippen molar-refractivity contribution in [3.05, 3.63) is 41.7 Å². The van der Waals surface area contributed by atoms with Crippen LogP contribution in [0.25, 0.3) is 0 Å². The van der Waals surface area contributed by atoms with Crippen molar-refractivity contribution in [2.75, 3.05) is 5.75 Å². The van der Waals surface area contributed by atoms with Gasteiger partial charge < -0.3 is 9.05 Å². The van der Waals surface area contributed by atoms with Crippen molar-refractivity contribution >= 4 is 46.4 Å². The zero-order valence-electron chi connectivity index (χ0n) is 15.7. The van der Waals surface area contributed by atoms with E-state index in [2.05, 4.69) is 22.3 Å². The van der Waals surface area contributed by atoms with Crippen LogP contribution in [0.1, 0.15) is 39.1 Å². The van der Waals surface area contributed by atoms with E-state index in [1.54, 1.807) is 11.8 Å². The van der Waals surface area contributed by atoms with E-state index < -0.39 is 5.69 Å². The summed E-state index contributed by atoms with van der Waals surface area (Å²) in [7, 11) is 0. The van der Waals surface area contributed by atoms with Gasteiger partial charge in [-0.05, 0) is 45.1 Å². The minimum Gasteiger partial charge on any atom is -0.319 e. The Balaban J connectivity index is 1.79. The van der Waals surface area contributed by atoms with Crippen LogP contribution in [0.3, 0.4) is 0 Å². The summed E-state index contributed by atoms with van der Waals surface area (Å²) >= 11 is 8.84. The maximum absolute atomic E-state index is 5.95. The van der Waals surface area contributed by atoms with Gasteiger partial charge in [0.2, 0.25) is 10.8 Å². The summed E-state index contributed by atoms with van der Waals surface area (Å²) in [5.74, 6) is 2.07. The number of benzene rings is 1. The number of hydrogen-bond acceptors (Lipinski definition) is 8. The second kappa shape index (κ2) is 9.20. The lowest BCUT2D eigenvalue weighted by Crippen LogP contribution is -2.14. The lowest BCUT2D eigenvalue weighted by Gasteiger charge is -2.25. The van der Waals surface area contributed by atoms with Crippen LogP contribution in [0.4, 0.5) is 0 Å². The molecule has 0 unspecified atom stereocenters. The number of thioether (sulfide) groups is 1. The molecule has 0 radical (unpaired) electrons. The van der Waals surface area contributed by atoms with Crippen LogP contribution >= 0.6 is 28.8 Å². The van der Waals surface area contributed by atoms with Gasteiger partial charge in [-0.15, -0.1) is 10.2 Å². The van der Waals surface area contributed by atoms with E-state index >= 15 is 0 Å². The molecule has 1 aromatic heterocycles. The van der Waals surface area contributed by atoms with Crippen molar-refractivity contribution in [1.82, 2.24) is 14.9 Å². The van der Waals surface area contributed by atoms with E-state index in [4.69, 9.17) is 26.0 Å². The Hall–Kier alpha value is -0.700. The molecule has 0 amide bonds. The number of fused-ring (bicyclic) bond motifs is 1. The fourth-order valence-electron chi connectivity index (χ4n) is 2.37. The Labute approximate surface area is 173 Å². The first kappa shape index (κ1) is 21.0. The van der Waals surface area contributed by atoms with Crippen LogP contribution in [0.5, 0.6) is 0 Å². The molecule has 10 heteroatoms. The quantitative estimate of drug-likeness (QED) is 0.536. The first-order valence-electron chi connectivity index (χ1n) is 8.68. The van der Waals surface area contributed by atoms with Gasteiger partial charge in [0.1, 0.15) is 0 Å². The van der Waals surface area contributed by atoms with Gasteiger partial charge in [-0.2, -0.15) is 9.78 Å². The first-order valence-corrected chi connectivity index (χ1v) is 13.9. The number of aromatic nitrogens is 3. The summed E-state index contributed by atoms with van der Waals surface area (Å²) in [6.45, 7) is 7.88. The van der Waals surface area contributed by atoms with E-state index in [-0.39, 0.29) is 12.2 Å². The van der Waals surface area contributed by atoms with E-state index in [0.717, 1.165) is 28.0 Å². The van der Waals surface area contributed by atoms with Gasteiger partial charge in [0.15, 0.2) is 5.82 Å². The van der Waals surface area contributed by atoms with Gasteiger partial charge >= 0.3 is 0 Å². The molecule has 0 aliphatic carbocycles. The lowest BCUT2D eigenvalue weighted by molar-refractivity contribution is 0.186. The van der Waals surface area contributed by atoms with E-state index in [1.165, 1.54) is 11.4 Å². The molecule has 27 heavy (non-hydrogen) atoms. The SMILES string of the molecule is CC(C)OP(=S)(OC(C)C)SCc1nnc2n1N=C(c1ccccc1)CS2. The Morgan fingerprint density at radius 1 is 1.15 bits per heavy atom. The highest BCUT2D eigenvalue weighted by atomic mass is 32.9. The van der Waals surface area contributed by atoms with Crippen LogP contribution in [0.2, 0.25) is 0 Å². The predicted molar refractivity (Wildman–Crippen MR) is 117 cm³/mol. The van der Waals surface area contributed by atoms with Gasteiger partial charge in [-0.25, -0.2) is 0 Å². The average molecular weight is 443 g/mol. The highest BCUT2D eigenvalue weighted by molar-refractivity contribution is 8.67. The third-order valence-electron chi connectivity index (χ3n) is 3.37. The summed E-state index contributed by atoms with van der Waals surface area (Å²) in [5, 5.41) is 14.1. The second-order valence-corrected chi connectivity index (χ2v) is 13.6. The highest BCUT2D eigenvalue weighted by Gasteiger charge is 2.26. The molecule has 0 bridgehead atoms. The predicted octanol–water partition coefficient (Wildman–Crippen LogP) is 4.94. The molecule has 0 saturated heterocycles. The molecule has 0 saturated carbocycles. The third kappa shape index (κ3) is 5.65. The molecule has 0 atom stereocenters. The normalized spacial score (nSPS) is 14.5. The minimum absolute atomic E-state index is 0.00709. The van der Waals surface area contributed by atoms with Crippen molar-refractivity contribution in [2.45, 2.75) is 50.8 Å². The van der Waals surface area contributed by atoms with Crippen LogP contribution in [-0.4, -0.2) is 38.5 Å². The Morgan fingerprint density at radius 3 is 2.44 bits per heavy atom. The average Bonchev–Trinajstić information content (AvgIpc) is 3.01. The van der Waals surface area contributed by atoms with Crippen molar-refractivity contribution in [3.63, 3.8) is 0 Å². The Bertz CT molecular complexity index is 841. The standard InChI is InChI=1S/C17H23N4O2PS3/c1-12(2)22-24(25,23-13(3)4)27-11-16-18-19-17-21(16)20-15(10-26-17)14-8-6-5-7-9-14/h5-9,12-13H,10-11H2,1-4H3. The molecule has 6 nitrogen and oxygen atoms in total. The monoisotopic (exact) mass is 442 g/mol. The van der Waals surface area contributed by atoms with E-state index in [0.29, 0.717) is 5.75 Å². The first-order chi connectivity index (χ1) is 12.9. The lowest BCUT2D eigenvalue weighted by atomic mass is 10.1. The number of nitrogens with zero attached hydrogens (tertiary/aromatic N) is 4. The fourth-order valence-corrected chi connectivity index (χ4v) is 8.61. The van der Waals surface area contributed by atoms with Crippen LogP contribution < -0.4 is 0 Å². The van der Waals surface area contributed by atoms with Crippen molar-refractivity contribution in [2.24, 2.45) is 5.10 Å². The minimum atomic E-state index is -2.47. The van der Waals surface area contributed by atoms with E-state index in [9.17, 15) is 0 Å². The topological polar surface area (TPSA) is 61.5 Å². The maximum Gasteiger partial charge on any atom is 0.248 e. The maximum atomic E-state index is 5.95. The molecular formula is C17H23N4O2PS3. The van der Waals surface area contributed by atoms with Gasteiger partial charge in [0.25, 0.3) is 0 Å². The fraction of sp³-hybridized carbons (Fsp3) is 0.471. The van der Waals surface area contributed by atoms with Crippen LogP contribution in [0.15, 0.2) is 40.6 Å². The molecule has 1 aliphatic heterocycles. The number of rotatable bonds is 8. The molecule has 3 rings (SSSR count). The molecule has 2 aromatic rings. The molecule has 0 N–H and O–H groups in total. The Morgan fingerprint density at radius 2 is 1.81 bits per heavy atom. The summed E-state index contributed by atoms with van der Waals surface area (Å²) in [6, 6.07) is 10.2. The van der Waals surface area contributed by atoms with Gasteiger partial charge in [-0.3, -0.25) is 0 Å². The van der Waals surface area contributed by atoms with Gasteiger partial charge in [0.05, 0.1) is 23.7 Å². The molecular weight excluding hydrogens is 419 g/mol. The molecule has 1 aromatic carbocycles. The van der Waals surface area contributed by atoms with E-state index in [1.807, 2.05) is 50.6 Å². The second-order valence-electron chi connectivity index (χ2n) is 6.44. The summed E-state index contributed by atoms with van der Waals surface area (Å²) < 4.78 is 13.7. The summed E-state index contributed by atoms with van der Waals surface area (Å²) in [6.07, 6.45) is 0.0142. The van der Waals surface area contributed by atoms with Gasteiger partial charge in [0, 0.05) is 5.75 Å². The largest absolute Gasteiger partial charge is 0.319 e. The third-order valence-corrected chi connectivity index (χ3v) is 9.69. The van der Waals surface area contributed by atoms with Gasteiger partial charge in [-0.1, -0.05) is 53.5 Å². The zero-order valence-corrected chi connectivity index (χ0v) is 19.1. The van der Waals surface area contributed by atoms with Crippen molar-refractivity contribution in [1.29, 1.82) is 0 Å². The molecule has 0 spiro atoms. The highest BCUT2D eigenvalue weighted by Crippen LogP contribution is 2.63. The summed E-state index contributed by atoms with van der Waals surface area (Å²) in [5.41, 5.74) is -0.348. The Kier molecular flexibility index (Phi) is 7.16. The van der Waals surface area contributed by atoms with Crippen LogP contribution in [-0.2, 0) is 26.6 Å². The van der Waals surface area contributed by atoms with Crippen molar-refractivity contribution < 1.29 is 9.05 Å². The zero-order chi connectivity index (χ0) is 19.4. The van der Waals surface area contributed by atoms with Crippen LogP contribution in [0, 0.1) is 0 Å². The molecule has 0 fully saturated rings.